The van der Waals surface area contributed by atoms with Gasteiger partial charge in [-0.3, -0.25) is 0 Å². The number of aliphatic hydroxyl groups excluding tert-OH is 3. The van der Waals surface area contributed by atoms with Crippen LogP contribution < -0.4 is 0 Å². The SMILES string of the molecule is C=C1C[C@H]2OC(=O)C3=C[C@@H](O)C[C@@H]4[C@@]1(C[C@H](O)c1ccoc1)[C@@H](O)OC[C@]342. The fourth-order valence-electron chi connectivity index (χ4n) is 5.84. The van der Waals surface area contributed by atoms with Crippen LogP contribution in [0, 0.1) is 16.7 Å². The lowest BCUT2D eigenvalue weighted by molar-refractivity contribution is -0.284. The molecule has 0 amide bonds. The highest BCUT2D eigenvalue weighted by atomic mass is 16.6. The summed E-state index contributed by atoms with van der Waals surface area (Å²) in [6.07, 6.45) is 2.05. The molecular formula is C20H22O7. The van der Waals surface area contributed by atoms with E-state index in [0.717, 1.165) is 0 Å². The molecule has 2 bridgehead atoms. The number of rotatable bonds is 3. The first kappa shape index (κ1) is 17.2. The van der Waals surface area contributed by atoms with E-state index in [1.54, 1.807) is 12.1 Å². The van der Waals surface area contributed by atoms with Crippen molar-refractivity contribution in [3.63, 3.8) is 0 Å². The number of carbonyl (C=O) groups is 1. The molecule has 3 heterocycles. The molecule has 2 saturated heterocycles. The van der Waals surface area contributed by atoms with E-state index in [0.29, 0.717) is 29.6 Å². The lowest BCUT2D eigenvalue weighted by Gasteiger charge is -2.62. The number of furan rings is 1. The molecule has 3 N–H and O–H groups in total. The van der Waals surface area contributed by atoms with Gasteiger partial charge in [-0.15, -0.1) is 0 Å². The predicted octanol–water partition coefficient (Wildman–Crippen LogP) is 1.22. The summed E-state index contributed by atoms with van der Waals surface area (Å²) >= 11 is 0. The topological polar surface area (TPSA) is 109 Å². The summed E-state index contributed by atoms with van der Waals surface area (Å²) in [4.78, 5) is 12.5. The molecule has 7 atom stereocenters. The van der Waals surface area contributed by atoms with E-state index in [2.05, 4.69) is 6.58 Å². The van der Waals surface area contributed by atoms with Gasteiger partial charge in [0.05, 0.1) is 36.8 Å². The Labute approximate surface area is 155 Å². The molecule has 0 aromatic carbocycles. The minimum atomic E-state index is -1.19. The molecule has 7 nitrogen and oxygen atoms in total. The Bertz CT molecular complexity index is 827. The minimum absolute atomic E-state index is 0.143. The van der Waals surface area contributed by atoms with Gasteiger partial charge >= 0.3 is 5.97 Å². The van der Waals surface area contributed by atoms with Gasteiger partial charge in [0, 0.05) is 23.0 Å². The summed E-state index contributed by atoms with van der Waals surface area (Å²) in [6.45, 7) is 4.32. The first-order valence-corrected chi connectivity index (χ1v) is 9.19. The lowest BCUT2D eigenvalue weighted by atomic mass is 9.45. The predicted molar refractivity (Wildman–Crippen MR) is 90.9 cm³/mol. The fourth-order valence-corrected chi connectivity index (χ4v) is 5.84. The van der Waals surface area contributed by atoms with Crippen molar-refractivity contribution in [1.29, 1.82) is 0 Å². The van der Waals surface area contributed by atoms with Crippen molar-refractivity contribution in [2.24, 2.45) is 16.7 Å². The van der Waals surface area contributed by atoms with E-state index >= 15 is 0 Å². The summed E-state index contributed by atoms with van der Waals surface area (Å²) in [5, 5.41) is 32.2. The summed E-state index contributed by atoms with van der Waals surface area (Å²) in [5.74, 6) is -0.772. The number of ether oxygens (including phenoxy) is 2. The number of hydrogen-bond acceptors (Lipinski definition) is 7. The van der Waals surface area contributed by atoms with Gasteiger partial charge in [-0.05, 0) is 30.9 Å². The molecule has 4 aliphatic rings. The van der Waals surface area contributed by atoms with Gasteiger partial charge in [-0.25, -0.2) is 4.79 Å². The molecule has 1 aromatic rings. The second-order valence-corrected chi connectivity index (χ2v) is 8.16. The third-order valence-corrected chi connectivity index (χ3v) is 7.09. The van der Waals surface area contributed by atoms with E-state index in [9.17, 15) is 20.1 Å². The maximum Gasteiger partial charge on any atom is 0.334 e. The summed E-state index contributed by atoms with van der Waals surface area (Å²) < 4.78 is 16.5. The second-order valence-electron chi connectivity index (χ2n) is 8.16. The monoisotopic (exact) mass is 374 g/mol. The van der Waals surface area contributed by atoms with Gasteiger partial charge in [0.2, 0.25) is 0 Å². The van der Waals surface area contributed by atoms with Crippen molar-refractivity contribution in [2.75, 3.05) is 6.61 Å². The van der Waals surface area contributed by atoms with Crippen LogP contribution in [0.1, 0.15) is 30.9 Å². The van der Waals surface area contributed by atoms with E-state index in [4.69, 9.17) is 13.9 Å². The van der Waals surface area contributed by atoms with Gasteiger partial charge in [-0.2, -0.15) is 0 Å². The maximum absolute atomic E-state index is 12.5. The largest absolute Gasteiger partial charge is 0.472 e. The van der Waals surface area contributed by atoms with Gasteiger partial charge in [0.1, 0.15) is 6.10 Å². The molecule has 2 aliphatic carbocycles. The van der Waals surface area contributed by atoms with Crippen LogP contribution in [0.5, 0.6) is 0 Å². The van der Waals surface area contributed by atoms with Crippen LogP contribution >= 0.6 is 0 Å². The fraction of sp³-hybridized carbons (Fsp3) is 0.550. The van der Waals surface area contributed by atoms with Crippen molar-refractivity contribution in [2.45, 2.75) is 43.9 Å². The van der Waals surface area contributed by atoms with Crippen LogP contribution in [0.3, 0.4) is 0 Å². The Morgan fingerprint density at radius 3 is 2.93 bits per heavy atom. The Morgan fingerprint density at radius 1 is 1.37 bits per heavy atom. The van der Waals surface area contributed by atoms with Crippen LogP contribution in [-0.4, -0.2) is 46.4 Å². The van der Waals surface area contributed by atoms with E-state index in [-0.39, 0.29) is 18.9 Å². The molecule has 1 saturated carbocycles. The standard InChI is InChI=1S/C20H22O7/c1-10-4-16-20-9-26-18(24)19(10,7-14(22)11-2-3-25-8-11)15(20)6-12(21)5-13(20)17(23)27-16/h2-3,5,8,12,14-16,18,21-22,24H,1,4,6-7,9H2/t12-,14+,15-,16-,18+,19+,20+/m1/s1. The zero-order chi connectivity index (χ0) is 19.0. The van der Waals surface area contributed by atoms with Gasteiger partial charge in [0.25, 0.3) is 0 Å². The molecule has 0 unspecified atom stereocenters. The average molecular weight is 374 g/mol. The van der Waals surface area contributed by atoms with Crippen LogP contribution in [0.4, 0.5) is 0 Å². The lowest BCUT2D eigenvalue weighted by Crippen LogP contribution is -2.66. The smallest absolute Gasteiger partial charge is 0.334 e. The molecule has 0 radical (unpaired) electrons. The Hall–Kier alpha value is -1.93. The number of aliphatic hydroxyl groups is 3. The van der Waals surface area contributed by atoms with E-state index in [1.165, 1.54) is 12.5 Å². The van der Waals surface area contributed by atoms with Gasteiger partial charge < -0.3 is 29.2 Å². The minimum Gasteiger partial charge on any atom is -0.472 e. The molecular weight excluding hydrogens is 352 g/mol. The van der Waals surface area contributed by atoms with Crippen molar-refractivity contribution in [3.05, 3.63) is 48.0 Å². The van der Waals surface area contributed by atoms with Crippen molar-refractivity contribution >= 4 is 5.97 Å². The highest BCUT2D eigenvalue weighted by molar-refractivity contribution is 5.93. The molecule has 3 fully saturated rings. The zero-order valence-electron chi connectivity index (χ0n) is 14.7. The summed E-state index contributed by atoms with van der Waals surface area (Å²) in [7, 11) is 0. The van der Waals surface area contributed by atoms with Crippen molar-refractivity contribution in [3.8, 4) is 0 Å². The second kappa shape index (κ2) is 5.54. The average Bonchev–Trinajstić information content (AvgIpc) is 3.24. The molecule has 5 rings (SSSR count). The van der Waals surface area contributed by atoms with Crippen molar-refractivity contribution < 1.29 is 34.0 Å². The molecule has 144 valence electrons. The number of carbonyl (C=O) groups excluding carboxylic acids is 1. The van der Waals surface area contributed by atoms with Crippen LogP contribution in [-0.2, 0) is 14.3 Å². The van der Waals surface area contributed by atoms with E-state index in [1.807, 2.05) is 0 Å². The van der Waals surface area contributed by atoms with E-state index < -0.39 is 41.4 Å². The molecule has 27 heavy (non-hydrogen) atoms. The molecule has 2 aliphatic heterocycles. The highest BCUT2D eigenvalue weighted by Crippen LogP contribution is 2.68. The zero-order valence-corrected chi connectivity index (χ0v) is 14.7. The summed E-state index contributed by atoms with van der Waals surface area (Å²) in [5.41, 5.74) is -0.0342. The normalized spacial score (nSPS) is 43.7. The maximum atomic E-state index is 12.5. The van der Waals surface area contributed by atoms with Crippen LogP contribution in [0.25, 0.3) is 0 Å². The highest BCUT2D eigenvalue weighted by Gasteiger charge is 2.72. The third kappa shape index (κ3) is 2.03. The Balaban J connectivity index is 1.64. The molecule has 1 spiro atoms. The molecule has 1 aromatic heterocycles. The first-order valence-electron chi connectivity index (χ1n) is 9.19. The third-order valence-electron chi connectivity index (χ3n) is 7.09. The van der Waals surface area contributed by atoms with Crippen LogP contribution in [0.15, 0.2) is 46.8 Å². The Kier molecular flexibility index (Phi) is 3.53. The first-order chi connectivity index (χ1) is 12.9. The van der Waals surface area contributed by atoms with Crippen molar-refractivity contribution in [1.82, 2.24) is 0 Å². The molecule has 7 heteroatoms. The van der Waals surface area contributed by atoms with Gasteiger partial charge in [-0.1, -0.05) is 12.2 Å². The van der Waals surface area contributed by atoms with Crippen LogP contribution in [0.2, 0.25) is 0 Å². The number of hydrogen-bond donors (Lipinski definition) is 3. The Morgan fingerprint density at radius 2 is 2.19 bits per heavy atom. The summed E-state index contributed by atoms with van der Waals surface area (Å²) in [6, 6.07) is 1.67. The van der Waals surface area contributed by atoms with Gasteiger partial charge in [0.15, 0.2) is 6.29 Å². The quantitative estimate of drug-likeness (QED) is 0.539. The number of esters is 1.